The first-order valence-corrected chi connectivity index (χ1v) is 11.3. The second kappa shape index (κ2) is 7.83. The Labute approximate surface area is 175 Å². The van der Waals surface area contributed by atoms with E-state index in [1.807, 2.05) is 42.0 Å². The number of carbonyl (C=O) groups excluding carboxylic acids is 1. The zero-order chi connectivity index (χ0) is 21.3. The van der Waals surface area contributed by atoms with E-state index in [1.54, 1.807) is 30.5 Å². The van der Waals surface area contributed by atoms with Crippen LogP contribution in [0.15, 0.2) is 60.9 Å². The summed E-state index contributed by atoms with van der Waals surface area (Å²) in [5.41, 5.74) is 2.34. The molecule has 0 unspecified atom stereocenters. The number of imidazole rings is 1. The molecule has 1 aliphatic heterocycles. The van der Waals surface area contributed by atoms with Crippen LogP contribution in [0.3, 0.4) is 0 Å². The zero-order valence-electron chi connectivity index (χ0n) is 16.6. The Morgan fingerprint density at radius 1 is 1.20 bits per heavy atom. The van der Waals surface area contributed by atoms with Gasteiger partial charge < -0.3 is 14.6 Å². The fourth-order valence-electron chi connectivity index (χ4n) is 3.38. The van der Waals surface area contributed by atoms with Crippen molar-refractivity contribution in [1.82, 2.24) is 14.9 Å². The quantitative estimate of drug-likeness (QED) is 0.674. The fraction of sp³-hybridized carbons (Fsp3) is 0.238. The van der Waals surface area contributed by atoms with Gasteiger partial charge in [0.05, 0.1) is 18.5 Å². The number of aromatic nitrogens is 2. The first-order chi connectivity index (χ1) is 14.3. The number of benzene rings is 2. The standard InChI is InChI=1S/C21H22N4O4S/c1-15-22-11-12-24(15)17-9-7-16(8-10-17)13-23-21(26)20-14-25(30(2,27)28)18-5-3-4-6-19(18)29-20/h3-12,20H,13-14H2,1-2H3,(H,23,26)/t20-/m0/s1. The van der Waals surface area contributed by atoms with Gasteiger partial charge in [-0.05, 0) is 36.8 Å². The largest absolute Gasteiger partial charge is 0.476 e. The van der Waals surface area contributed by atoms with Gasteiger partial charge in [-0.1, -0.05) is 24.3 Å². The first-order valence-electron chi connectivity index (χ1n) is 9.43. The van der Waals surface area contributed by atoms with E-state index in [0.717, 1.165) is 23.3 Å². The Kier molecular flexibility index (Phi) is 5.21. The minimum absolute atomic E-state index is 0.0689. The third-order valence-corrected chi connectivity index (χ3v) is 6.08. The number of rotatable bonds is 5. The van der Waals surface area contributed by atoms with Crippen molar-refractivity contribution >= 4 is 21.6 Å². The number of hydrogen-bond donors (Lipinski definition) is 1. The first kappa shape index (κ1) is 20.0. The van der Waals surface area contributed by atoms with Crippen LogP contribution in [-0.2, 0) is 21.4 Å². The van der Waals surface area contributed by atoms with Crippen molar-refractivity contribution < 1.29 is 17.9 Å². The Balaban J connectivity index is 1.44. The average molecular weight is 426 g/mol. The molecule has 1 aliphatic rings. The number of sulfonamides is 1. The van der Waals surface area contributed by atoms with Gasteiger partial charge in [-0.25, -0.2) is 13.4 Å². The summed E-state index contributed by atoms with van der Waals surface area (Å²) in [7, 11) is -3.54. The summed E-state index contributed by atoms with van der Waals surface area (Å²) in [5, 5.41) is 2.83. The molecule has 0 spiro atoms. The van der Waals surface area contributed by atoms with Gasteiger partial charge in [0.15, 0.2) is 6.10 Å². The lowest BCUT2D eigenvalue weighted by atomic mass is 10.2. The van der Waals surface area contributed by atoms with E-state index in [1.165, 1.54) is 4.31 Å². The lowest BCUT2D eigenvalue weighted by Gasteiger charge is -2.33. The van der Waals surface area contributed by atoms with Crippen molar-refractivity contribution in [3.63, 3.8) is 0 Å². The lowest BCUT2D eigenvalue weighted by molar-refractivity contribution is -0.127. The molecular weight excluding hydrogens is 404 g/mol. The molecule has 0 saturated heterocycles. The number of aryl methyl sites for hydroxylation is 1. The van der Waals surface area contributed by atoms with Crippen molar-refractivity contribution in [2.24, 2.45) is 0 Å². The molecule has 0 bridgehead atoms. The number of amides is 1. The molecule has 1 N–H and O–H groups in total. The third-order valence-electron chi connectivity index (χ3n) is 4.93. The normalized spacial score (nSPS) is 15.9. The highest BCUT2D eigenvalue weighted by atomic mass is 32.2. The molecule has 1 aromatic heterocycles. The molecular formula is C21H22N4O4S. The molecule has 1 atom stereocenters. The highest BCUT2D eigenvalue weighted by molar-refractivity contribution is 7.92. The molecule has 30 heavy (non-hydrogen) atoms. The number of nitrogens with zero attached hydrogens (tertiary/aromatic N) is 3. The van der Waals surface area contributed by atoms with E-state index in [0.29, 0.717) is 18.0 Å². The van der Waals surface area contributed by atoms with Crippen molar-refractivity contribution in [2.45, 2.75) is 19.6 Å². The lowest BCUT2D eigenvalue weighted by Crippen LogP contribution is -2.50. The summed E-state index contributed by atoms with van der Waals surface area (Å²) in [5.74, 6) is 0.892. The predicted octanol–water partition coefficient (Wildman–Crippen LogP) is 2.02. The second-order valence-corrected chi connectivity index (χ2v) is 9.00. The topological polar surface area (TPSA) is 93.5 Å². The smallest absolute Gasteiger partial charge is 0.263 e. The van der Waals surface area contributed by atoms with E-state index >= 15 is 0 Å². The van der Waals surface area contributed by atoms with E-state index in [4.69, 9.17) is 4.74 Å². The minimum Gasteiger partial charge on any atom is -0.476 e. The highest BCUT2D eigenvalue weighted by Gasteiger charge is 2.34. The van der Waals surface area contributed by atoms with Crippen molar-refractivity contribution in [2.75, 3.05) is 17.1 Å². The summed E-state index contributed by atoms with van der Waals surface area (Å²) >= 11 is 0. The van der Waals surface area contributed by atoms with Crippen LogP contribution in [0, 0.1) is 6.92 Å². The van der Waals surface area contributed by atoms with Crippen LogP contribution in [0.1, 0.15) is 11.4 Å². The monoisotopic (exact) mass is 426 g/mol. The number of nitrogens with one attached hydrogen (secondary N) is 1. The summed E-state index contributed by atoms with van der Waals surface area (Å²) in [6.45, 7) is 2.17. The molecule has 0 aliphatic carbocycles. The SMILES string of the molecule is Cc1nccn1-c1ccc(CNC(=O)[C@@H]2CN(S(C)(=O)=O)c3ccccc3O2)cc1. The van der Waals surface area contributed by atoms with Gasteiger partial charge in [-0.2, -0.15) is 0 Å². The number of carbonyl (C=O) groups is 1. The number of para-hydroxylation sites is 2. The molecule has 4 rings (SSSR count). The highest BCUT2D eigenvalue weighted by Crippen LogP contribution is 2.34. The molecule has 0 saturated carbocycles. The van der Waals surface area contributed by atoms with Crippen LogP contribution in [-0.4, -0.2) is 42.8 Å². The third kappa shape index (κ3) is 4.02. The molecule has 8 nitrogen and oxygen atoms in total. The van der Waals surface area contributed by atoms with Gasteiger partial charge in [-0.3, -0.25) is 9.10 Å². The summed E-state index contributed by atoms with van der Waals surface area (Å²) < 4.78 is 33.3. The van der Waals surface area contributed by atoms with E-state index in [9.17, 15) is 13.2 Å². The van der Waals surface area contributed by atoms with Crippen molar-refractivity contribution in [3.8, 4) is 11.4 Å². The van der Waals surface area contributed by atoms with Gasteiger partial charge in [0.2, 0.25) is 10.0 Å². The summed E-state index contributed by atoms with van der Waals surface area (Å²) in [6.07, 6.45) is 3.82. The van der Waals surface area contributed by atoms with Crippen LogP contribution in [0.25, 0.3) is 5.69 Å². The van der Waals surface area contributed by atoms with Gasteiger partial charge in [-0.15, -0.1) is 0 Å². The van der Waals surface area contributed by atoms with Gasteiger partial charge in [0.1, 0.15) is 11.6 Å². The van der Waals surface area contributed by atoms with Gasteiger partial charge in [0.25, 0.3) is 5.91 Å². The molecule has 9 heteroatoms. The van der Waals surface area contributed by atoms with Crippen molar-refractivity contribution in [1.29, 1.82) is 0 Å². The molecule has 3 aromatic rings. The van der Waals surface area contributed by atoms with Crippen LogP contribution >= 0.6 is 0 Å². The minimum atomic E-state index is -3.54. The van der Waals surface area contributed by atoms with Crippen LogP contribution in [0.5, 0.6) is 5.75 Å². The number of fused-ring (bicyclic) bond motifs is 1. The molecule has 1 amide bonds. The maximum absolute atomic E-state index is 12.7. The summed E-state index contributed by atoms with van der Waals surface area (Å²) in [6, 6.07) is 14.5. The molecule has 0 fully saturated rings. The Hall–Kier alpha value is -3.33. The van der Waals surface area contributed by atoms with E-state index in [2.05, 4.69) is 10.3 Å². The Morgan fingerprint density at radius 2 is 1.93 bits per heavy atom. The summed E-state index contributed by atoms with van der Waals surface area (Å²) in [4.78, 5) is 16.9. The number of anilines is 1. The molecule has 2 aromatic carbocycles. The second-order valence-electron chi connectivity index (χ2n) is 7.10. The molecule has 0 radical (unpaired) electrons. The molecule has 156 valence electrons. The fourth-order valence-corrected chi connectivity index (χ4v) is 4.30. The maximum atomic E-state index is 12.7. The maximum Gasteiger partial charge on any atom is 0.263 e. The van der Waals surface area contributed by atoms with Crippen LogP contribution in [0.2, 0.25) is 0 Å². The average Bonchev–Trinajstić information content (AvgIpc) is 3.16. The molecule has 2 heterocycles. The number of hydrogen-bond acceptors (Lipinski definition) is 5. The van der Waals surface area contributed by atoms with E-state index < -0.39 is 16.1 Å². The predicted molar refractivity (Wildman–Crippen MR) is 113 cm³/mol. The zero-order valence-corrected chi connectivity index (χ0v) is 17.5. The number of ether oxygens (including phenoxy) is 1. The van der Waals surface area contributed by atoms with Crippen LogP contribution in [0.4, 0.5) is 5.69 Å². The van der Waals surface area contributed by atoms with E-state index in [-0.39, 0.29) is 12.5 Å². The van der Waals surface area contributed by atoms with Gasteiger partial charge in [0, 0.05) is 24.6 Å². The Bertz CT molecular complexity index is 1170. The van der Waals surface area contributed by atoms with Crippen molar-refractivity contribution in [3.05, 3.63) is 72.3 Å². The Morgan fingerprint density at radius 3 is 2.60 bits per heavy atom. The van der Waals surface area contributed by atoms with Gasteiger partial charge >= 0.3 is 0 Å². The van der Waals surface area contributed by atoms with Crippen LogP contribution < -0.4 is 14.4 Å².